The van der Waals surface area contributed by atoms with Crippen molar-refractivity contribution in [2.45, 2.75) is 13.0 Å². The van der Waals surface area contributed by atoms with Crippen LogP contribution in [0.5, 0.6) is 0 Å². The molecule has 1 rings (SSSR count). The second-order valence-electron chi connectivity index (χ2n) is 3.26. The number of halogens is 1. The van der Waals surface area contributed by atoms with E-state index < -0.39 is 6.04 Å². The van der Waals surface area contributed by atoms with Crippen LogP contribution in [0.1, 0.15) is 12.5 Å². The molecule has 17 heavy (non-hydrogen) atoms. The third-order valence-electron chi connectivity index (χ3n) is 1.98. The van der Waals surface area contributed by atoms with E-state index in [1.807, 2.05) is 0 Å². The van der Waals surface area contributed by atoms with E-state index in [0.717, 1.165) is 5.56 Å². The van der Waals surface area contributed by atoms with Gasteiger partial charge in [0.1, 0.15) is 6.04 Å². The summed E-state index contributed by atoms with van der Waals surface area (Å²) in [6.45, 7) is 1.63. The van der Waals surface area contributed by atoms with E-state index in [-0.39, 0.29) is 5.11 Å². The first-order valence-electron chi connectivity index (χ1n) is 4.76. The molecule has 90 valence electrons. The molecule has 0 aromatic heterocycles. The molecular weight excluding hydrogens is 260 g/mol. The zero-order valence-corrected chi connectivity index (χ0v) is 10.6. The third-order valence-corrected chi connectivity index (χ3v) is 2.32. The number of hydrogen-bond donors (Lipinski definition) is 2. The van der Waals surface area contributed by atoms with Crippen molar-refractivity contribution in [3.63, 3.8) is 0 Å². The normalized spacial score (nSPS) is 12.9. The van der Waals surface area contributed by atoms with Gasteiger partial charge in [-0.05, 0) is 31.3 Å². The zero-order valence-electron chi connectivity index (χ0n) is 9.05. The summed E-state index contributed by atoms with van der Waals surface area (Å²) in [6.07, 6.45) is 0. The predicted octanol–water partition coefficient (Wildman–Crippen LogP) is 2.03. The predicted molar refractivity (Wildman–Crippen MR) is 73.2 cm³/mol. The summed E-state index contributed by atoms with van der Waals surface area (Å²) in [5, 5.41) is 7.51. The molecule has 1 aromatic rings. The maximum absolute atomic E-state index is 10.6. The molecule has 5 nitrogen and oxygen atoms in total. The standard InChI is InChI=1S/C10H11ClN4OS/c1-6(15-16)9(13-14-10(12)17)7-2-4-8(11)5-3-7/h2-6H,1H3,(H3,12,14,17). The highest BCUT2D eigenvalue weighted by atomic mass is 35.5. The average Bonchev–Trinajstić information content (AvgIpc) is 2.30. The van der Waals surface area contributed by atoms with Crippen molar-refractivity contribution in [1.29, 1.82) is 0 Å². The molecule has 0 saturated carbocycles. The zero-order chi connectivity index (χ0) is 12.8. The average molecular weight is 271 g/mol. The molecule has 0 aliphatic rings. The minimum absolute atomic E-state index is 0.0227. The lowest BCUT2D eigenvalue weighted by Crippen LogP contribution is -2.28. The molecule has 3 N–H and O–H groups in total. The fourth-order valence-corrected chi connectivity index (χ4v) is 1.36. The van der Waals surface area contributed by atoms with Crippen LogP contribution in [-0.4, -0.2) is 16.9 Å². The van der Waals surface area contributed by atoms with Gasteiger partial charge in [0.15, 0.2) is 5.11 Å². The Labute approximate surface area is 109 Å². The first-order chi connectivity index (χ1) is 8.04. The Morgan fingerprint density at radius 1 is 1.47 bits per heavy atom. The van der Waals surface area contributed by atoms with Gasteiger partial charge in [-0.25, -0.2) is 0 Å². The molecule has 0 bridgehead atoms. The van der Waals surface area contributed by atoms with Crippen molar-refractivity contribution in [3.05, 3.63) is 39.8 Å². The maximum Gasteiger partial charge on any atom is 0.184 e. The lowest BCUT2D eigenvalue weighted by molar-refractivity contribution is 0.923. The van der Waals surface area contributed by atoms with Gasteiger partial charge in [-0.15, -0.1) is 0 Å². The fourth-order valence-electron chi connectivity index (χ4n) is 1.19. The quantitative estimate of drug-likeness (QED) is 0.380. The second-order valence-corrected chi connectivity index (χ2v) is 4.14. The van der Waals surface area contributed by atoms with E-state index in [9.17, 15) is 4.91 Å². The maximum atomic E-state index is 10.6. The number of thiocarbonyl (C=S) groups is 1. The van der Waals surface area contributed by atoms with Crippen molar-refractivity contribution < 1.29 is 0 Å². The van der Waals surface area contributed by atoms with Gasteiger partial charge in [0, 0.05) is 10.6 Å². The number of hydrazone groups is 1. The number of nitroso groups, excluding NO2 is 1. The van der Waals surface area contributed by atoms with Crippen LogP contribution in [0.2, 0.25) is 5.02 Å². The molecule has 0 saturated heterocycles. The number of benzene rings is 1. The van der Waals surface area contributed by atoms with Crippen LogP contribution >= 0.6 is 23.8 Å². The summed E-state index contributed by atoms with van der Waals surface area (Å²) in [6, 6.07) is 6.27. The Morgan fingerprint density at radius 2 is 2.06 bits per heavy atom. The molecule has 0 radical (unpaired) electrons. The van der Waals surface area contributed by atoms with Crippen molar-refractivity contribution in [3.8, 4) is 0 Å². The lowest BCUT2D eigenvalue weighted by atomic mass is 10.1. The summed E-state index contributed by atoms with van der Waals surface area (Å²) >= 11 is 10.4. The van der Waals surface area contributed by atoms with E-state index in [2.05, 4.69) is 27.9 Å². The minimum Gasteiger partial charge on any atom is -0.375 e. The van der Waals surface area contributed by atoms with E-state index in [1.54, 1.807) is 31.2 Å². The van der Waals surface area contributed by atoms with Crippen LogP contribution in [0.4, 0.5) is 0 Å². The van der Waals surface area contributed by atoms with Gasteiger partial charge in [0.2, 0.25) is 0 Å². The molecule has 0 aliphatic carbocycles. The molecule has 1 atom stereocenters. The van der Waals surface area contributed by atoms with Gasteiger partial charge < -0.3 is 5.73 Å². The Morgan fingerprint density at radius 3 is 2.53 bits per heavy atom. The van der Waals surface area contributed by atoms with Crippen LogP contribution in [0.3, 0.4) is 0 Å². The Kier molecular flexibility index (Phi) is 4.99. The molecule has 1 aromatic carbocycles. The van der Waals surface area contributed by atoms with Gasteiger partial charge in [0.05, 0.1) is 5.71 Å². The molecule has 0 fully saturated rings. The van der Waals surface area contributed by atoms with Crippen LogP contribution in [0.15, 0.2) is 34.5 Å². The summed E-state index contributed by atoms with van der Waals surface area (Å²) in [5.74, 6) is 0. The van der Waals surface area contributed by atoms with Crippen molar-refractivity contribution in [1.82, 2.24) is 5.43 Å². The Bertz CT molecular complexity index is 446. The van der Waals surface area contributed by atoms with Gasteiger partial charge in [0.25, 0.3) is 0 Å². The summed E-state index contributed by atoms with van der Waals surface area (Å²) in [7, 11) is 0. The number of nitrogens with zero attached hydrogens (tertiary/aromatic N) is 2. The smallest absolute Gasteiger partial charge is 0.184 e. The molecule has 7 heteroatoms. The SMILES string of the molecule is CC(N=O)C(=NNC(N)=S)c1ccc(Cl)cc1. The van der Waals surface area contributed by atoms with E-state index in [0.29, 0.717) is 10.7 Å². The van der Waals surface area contributed by atoms with Crippen LogP contribution in [0, 0.1) is 4.91 Å². The molecule has 0 heterocycles. The Hall–Kier alpha value is -1.53. The molecule has 0 spiro atoms. The van der Waals surface area contributed by atoms with Gasteiger partial charge in [-0.1, -0.05) is 28.9 Å². The van der Waals surface area contributed by atoms with Gasteiger partial charge in [-0.2, -0.15) is 10.0 Å². The highest BCUT2D eigenvalue weighted by molar-refractivity contribution is 7.80. The largest absolute Gasteiger partial charge is 0.375 e. The topological polar surface area (TPSA) is 79.8 Å². The van der Waals surface area contributed by atoms with E-state index in [4.69, 9.17) is 17.3 Å². The highest BCUT2D eigenvalue weighted by Gasteiger charge is 2.13. The van der Waals surface area contributed by atoms with Crippen molar-refractivity contribution in [2.24, 2.45) is 16.0 Å². The van der Waals surface area contributed by atoms with Crippen LogP contribution in [-0.2, 0) is 0 Å². The molecule has 0 amide bonds. The Balaban J connectivity index is 3.05. The van der Waals surface area contributed by atoms with Crippen molar-refractivity contribution >= 4 is 34.6 Å². The van der Waals surface area contributed by atoms with E-state index >= 15 is 0 Å². The molecule has 1 unspecified atom stereocenters. The molecular formula is C10H11ClN4OS. The minimum atomic E-state index is -0.613. The summed E-state index contributed by atoms with van der Waals surface area (Å²) in [4.78, 5) is 10.6. The second kappa shape index (κ2) is 6.27. The van der Waals surface area contributed by atoms with Gasteiger partial charge >= 0.3 is 0 Å². The number of rotatable bonds is 4. The summed E-state index contributed by atoms with van der Waals surface area (Å²) < 4.78 is 0. The fraction of sp³-hybridized carbons (Fsp3) is 0.200. The first-order valence-corrected chi connectivity index (χ1v) is 5.54. The lowest BCUT2D eigenvalue weighted by Gasteiger charge is -2.08. The summed E-state index contributed by atoms with van der Waals surface area (Å²) in [5.41, 5.74) is 8.88. The number of nitrogens with one attached hydrogen (secondary N) is 1. The monoisotopic (exact) mass is 270 g/mol. The number of nitrogens with two attached hydrogens (primary N) is 1. The van der Waals surface area contributed by atoms with Crippen LogP contribution in [0.25, 0.3) is 0 Å². The van der Waals surface area contributed by atoms with Crippen molar-refractivity contribution in [2.75, 3.05) is 0 Å². The highest BCUT2D eigenvalue weighted by Crippen LogP contribution is 2.12. The van der Waals surface area contributed by atoms with E-state index in [1.165, 1.54) is 0 Å². The first kappa shape index (κ1) is 13.5. The number of hydrogen-bond acceptors (Lipinski definition) is 4. The van der Waals surface area contributed by atoms with Gasteiger partial charge in [-0.3, -0.25) is 5.43 Å². The van der Waals surface area contributed by atoms with Crippen LogP contribution < -0.4 is 11.2 Å². The third kappa shape index (κ3) is 4.08. The molecule has 0 aliphatic heterocycles.